The molecule has 18 heavy (non-hydrogen) atoms. The van der Waals surface area contributed by atoms with Gasteiger partial charge in [-0.15, -0.1) is 0 Å². The Kier molecular flexibility index (Phi) is 3.64. The highest BCUT2D eigenvalue weighted by molar-refractivity contribution is 5.96. The lowest BCUT2D eigenvalue weighted by Crippen LogP contribution is -2.36. The van der Waals surface area contributed by atoms with Crippen molar-refractivity contribution in [3.05, 3.63) is 17.8 Å². The number of nitrogens with one attached hydrogen (secondary N) is 1. The molecule has 1 atom stereocenters. The van der Waals surface area contributed by atoms with Crippen molar-refractivity contribution in [2.75, 3.05) is 30.8 Å². The number of rotatable bonds is 2. The van der Waals surface area contributed by atoms with Crippen LogP contribution in [0.25, 0.3) is 0 Å². The predicted octanol–water partition coefficient (Wildman–Crippen LogP) is 1.57. The summed E-state index contributed by atoms with van der Waals surface area (Å²) in [5.74, 6) is 0.218. The fourth-order valence-corrected chi connectivity index (χ4v) is 2.09. The van der Waals surface area contributed by atoms with E-state index >= 15 is 0 Å². The van der Waals surface area contributed by atoms with Crippen molar-refractivity contribution in [1.82, 2.24) is 4.98 Å². The lowest BCUT2D eigenvalue weighted by Gasteiger charge is -2.31. The minimum absolute atomic E-state index is 0.0318. The summed E-state index contributed by atoms with van der Waals surface area (Å²) in [6.45, 7) is 1.16. The lowest BCUT2D eigenvalue weighted by atomic mass is 10.1. The van der Waals surface area contributed by atoms with Crippen molar-refractivity contribution in [3.8, 4) is 0 Å². The van der Waals surface area contributed by atoms with Gasteiger partial charge in [-0.1, -0.05) is 0 Å². The van der Waals surface area contributed by atoms with Gasteiger partial charge in [0.1, 0.15) is 12.0 Å². The third kappa shape index (κ3) is 2.52. The molecule has 1 aromatic heterocycles. The van der Waals surface area contributed by atoms with Crippen LogP contribution >= 0.6 is 0 Å². The van der Waals surface area contributed by atoms with Crippen LogP contribution in [0.15, 0.2) is 12.3 Å². The maximum atomic E-state index is 13.4. The zero-order chi connectivity index (χ0) is 13.1. The van der Waals surface area contributed by atoms with Gasteiger partial charge in [0, 0.05) is 13.1 Å². The molecule has 0 amide bonds. The molecular weight excluding hydrogens is 235 g/mol. The number of nitrogen functional groups attached to an aromatic ring is 1. The topological polar surface area (TPSA) is 75.2 Å². The second-order valence-electron chi connectivity index (χ2n) is 4.35. The molecule has 98 valence electrons. The Hall–Kier alpha value is -1.85. The highest BCUT2D eigenvalue weighted by Crippen LogP contribution is 2.23. The Morgan fingerprint density at radius 1 is 1.67 bits per heavy atom. The zero-order valence-electron chi connectivity index (χ0n) is 10.3. The first-order valence-electron chi connectivity index (χ1n) is 5.89. The number of aromatic nitrogens is 1. The van der Waals surface area contributed by atoms with Crippen LogP contribution in [0.5, 0.6) is 0 Å². The molecule has 5 nitrogen and oxygen atoms in total. The summed E-state index contributed by atoms with van der Waals surface area (Å²) in [6, 6.07) is 1.73. The van der Waals surface area contributed by atoms with E-state index in [0.717, 1.165) is 18.7 Å². The molecule has 0 saturated carbocycles. The van der Waals surface area contributed by atoms with E-state index in [1.165, 1.54) is 7.11 Å². The fourth-order valence-electron chi connectivity index (χ4n) is 2.09. The first-order chi connectivity index (χ1) is 8.61. The molecule has 1 aromatic rings. The van der Waals surface area contributed by atoms with Gasteiger partial charge >= 0.3 is 0 Å². The predicted molar refractivity (Wildman–Crippen MR) is 68.8 cm³/mol. The minimum Gasteiger partial charge on any atom is -0.481 e. The van der Waals surface area contributed by atoms with Crippen molar-refractivity contribution >= 4 is 17.4 Å². The van der Waals surface area contributed by atoms with Gasteiger partial charge in [0.25, 0.3) is 0 Å². The van der Waals surface area contributed by atoms with Crippen LogP contribution in [0.3, 0.4) is 0 Å². The Bertz CT molecular complexity index is 452. The molecule has 2 heterocycles. The molecule has 0 bridgehead atoms. The molecule has 0 aromatic carbocycles. The van der Waals surface area contributed by atoms with Crippen molar-refractivity contribution in [3.63, 3.8) is 0 Å². The summed E-state index contributed by atoms with van der Waals surface area (Å²) >= 11 is 0. The normalized spacial score (nSPS) is 19.7. The SMILES string of the molecule is COC(=N)c1cc(N2CCCC(F)C2)cnc1N. The molecule has 6 heteroatoms. The Labute approximate surface area is 105 Å². The Balaban J connectivity index is 2.26. The van der Waals surface area contributed by atoms with E-state index in [1.807, 2.05) is 4.90 Å². The van der Waals surface area contributed by atoms with Crippen LogP contribution in [0, 0.1) is 5.41 Å². The van der Waals surface area contributed by atoms with E-state index in [0.29, 0.717) is 18.5 Å². The summed E-state index contributed by atoms with van der Waals surface area (Å²) in [4.78, 5) is 5.96. The van der Waals surface area contributed by atoms with E-state index in [1.54, 1.807) is 12.3 Å². The van der Waals surface area contributed by atoms with Crippen LogP contribution in [0.1, 0.15) is 18.4 Å². The maximum Gasteiger partial charge on any atom is 0.216 e. The highest BCUT2D eigenvalue weighted by Gasteiger charge is 2.20. The van der Waals surface area contributed by atoms with Gasteiger partial charge in [-0.05, 0) is 18.9 Å². The van der Waals surface area contributed by atoms with Crippen LogP contribution in [0.4, 0.5) is 15.9 Å². The average Bonchev–Trinajstić information content (AvgIpc) is 2.38. The number of nitrogens with two attached hydrogens (primary N) is 1. The standard InChI is InChI=1S/C12H17FN4O/c1-18-12(15)10-5-9(6-16-11(10)14)17-4-2-3-8(13)7-17/h5-6,8,15H,2-4,7H2,1H3,(H2,14,16). The number of alkyl halides is 1. The molecule has 1 fully saturated rings. The lowest BCUT2D eigenvalue weighted by molar-refractivity contribution is 0.287. The summed E-state index contributed by atoms with van der Waals surface area (Å²) in [7, 11) is 1.41. The Morgan fingerprint density at radius 3 is 3.11 bits per heavy atom. The van der Waals surface area contributed by atoms with E-state index in [-0.39, 0.29) is 11.7 Å². The summed E-state index contributed by atoms with van der Waals surface area (Å²) in [6.07, 6.45) is 2.24. The van der Waals surface area contributed by atoms with Crippen LogP contribution in [-0.2, 0) is 4.74 Å². The van der Waals surface area contributed by atoms with Gasteiger partial charge in [0.05, 0.1) is 24.6 Å². The average molecular weight is 252 g/mol. The number of anilines is 2. The molecular formula is C12H17FN4O. The Morgan fingerprint density at radius 2 is 2.44 bits per heavy atom. The van der Waals surface area contributed by atoms with E-state index < -0.39 is 6.17 Å². The van der Waals surface area contributed by atoms with E-state index in [4.69, 9.17) is 15.9 Å². The monoisotopic (exact) mass is 252 g/mol. The first kappa shape index (κ1) is 12.6. The third-order valence-electron chi connectivity index (χ3n) is 3.08. The van der Waals surface area contributed by atoms with E-state index in [2.05, 4.69) is 4.98 Å². The number of ether oxygens (including phenoxy) is 1. The smallest absolute Gasteiger partial charge is 0.216 e. The van der Waals surface area contributed by atoms with Crippen molar-refractivity contribution in [1.29, 1.82) is 5.41 Å². The molecule has 1 unspecified atom stereocenters. The van der Waals surface area contributed by atoms with Crippen molar-refractivity contribution in [2.45, 2.75) is 19.0 Å². The number of nitrogens with zero attached hydrogens (tertiary/aromatic N) is 2. The van der Waals surface area contributed by atoms with Gasteiger partial charge < -0.3 is 15.4 Å². The van der Waals surface area contributed by atoms with Crippen molar-refractivity contribution < 1.29 is 9.13 Å². The molecule has 1 aliphatic rings. The second kappa shape index (κ2) is 5.20. The fraction of sp³-hybridized carbons (Fsp3) is 0.500. The molecule has 2 rings (SSSR count). The number of hydrogen-bond donors (Lipinski definition) is 2. The van der Waals surface area contributed by atoms with Gasteiger partial charge in [-0.2, -0.15) is 0 Å². The second-order valence-corrected chi connectivity index (χ2v) is 4.35. The van der Waals surface area contributed by atoms with Gasteiger partial charge in [-0.3, -0.25) is 5.41 Å². The highest BCUT2D eigenvalue weighted by atomic mass is 19.1. The van der Waals surface area contributed by atoms with Crippen LogP contribution < -0.4 is 10.6 Å². The minimum atomic E-state index is -0.804. The number of piperidine rings is 1. The molecule has 1 aliphatic heterocycles. The third-order valence-corrected chi connectivity index (χ3v) is 3.08. The van der Waals surface area contributed by atoms with Gasteiger partial charge in [0.15, 0.2) is 0 Å². The number of methoxy groups -OCH3 is 1. The largest absolute Gasteiger partial charge is 0.481 e. The summed E-state index contributed by atoms with van der Waals surface area (Å²) in [5.41, 5.74) is 6.92. The van der Waals surface area contributed by atoms with E-state index in [9.17, 15) is 4.39 Å². The van der Waals surface area contributed by atoms with Gasteiger partial charge in [0.2, 0.25) is 5.90 Å². The number of hydrogen-bond acceptors (Lipinski definition) is 5. The number of halogens is 1. The molecule has 3 N–H and O–H groups in total. The molecule has 0 radical (unpaired) electrons. The molecule has 1 saturated heterocycles. The van der Waals surface area contributed by atoms with Crippen LogP contribution in [0.2, 0.25) is 0 Å². The number of pyridine rings is 1. The summed E-state index contributed by atoms with van der Waals surface area (Å²) < 4.78 is 18.2. The molecule has 0 spiro atoms. The first-order valence-corrected chi connectivity index (χ1v) is 5.89. The van der Waals surface area contributed by atoms with Crippen LogP contribution in [-0.4, -0.2) is 37.3 Å². The maximum absolute atomic E-state index is 13.4. The van der Waals surface area contributed by atoms with Gasteiger partial charge in [-0.25, -0.2) is 9.37 Å². The quantitative estimate of drug-likeness (QED) is 0.619. The summed E-state index contributed by atoms with van der Waals surface area (Å²) in [5, 5.41) is 7.63. The molecule has 0 aliphatic carbocycles. The zero-order valence-corrected chi connectivity index (χ0v) is 10.3. The van der Waals surface area contributed by atoms with Crippen molar-refractivity contribution in [2.24, 2.45) is 0 Å².